The molecule has 2 nitrogen and oxygen atoms in total. The molecular formula is C14H20N2. The van der Waals surface area contributed by atoms with Gasteiger partial charge in [0.1, 0.15) is 0 Å². The van der Waals surface area contributed by atoms with E-state index in [1.54, 1.807) is 0 Å². The fraction of sp³-hybridized carbons (Fsp3) is 0.500. The molecule has 1 unspecified atom stereocenters. The summed E-state index contributed by atoms with van der Waals surface area (Å²) >= 11 is 0. The van der Waals surface area contributed by atoms with Crippen molar-refractivity contribution in [2.75, 3.05) is 13.1 Å². The van der Waals surface area contributed by atoms with Gasteiger partial charge in [-0.05, 0) is 43.9 Å². The molecule has 1 aromatic carbocycles. The van der Waals surface area contributed by atoms with E-state index in [0.717, 1.165) is 25.9 Å². The van der Waals surface area contributed by atoms with Crippen LogP contribution in [0, 0.1) is 6.92 Å². The monoisotopic (exact) mass is 216 g/mol. The SMILES string of the molecule is Cc1ccccc1CCNC1CC=NCC1. The standard InChI is InChI=1S/C14H20N2/c1-12-4-2-3-5-13(12)6-11-16-14-7-9-15-10-8-14/h2-5,9,14,16H,6-8,10-11H2,1H3. The highest BCUT2D eigenvalue weighted by molar-refractivity contribution is 5.59. The van der Waals surface area contributed by atoms with Crippen LogP contribution in [0.5, 0.6) is 0 Å². The Morgan fingerprint density at radius 3 is 3.00 bits per heavy atom. The van der Waals surface area contributed by atoms with Gasteiger partial charge in [-0.2, -0.15) is 0 Å². The minimum atomic E-state index is 0.640. The van der Waals surface area contributed by atoms with Crippen molar-refractivity contribution in [2.24, 2.45) is 4.99 Å². The minimum Gasteiger partial charge on any atom is -0.313 e. The first-order chi connectivity index (χ1) is 7.86. The summed E-state index contributed by atoms with van der Waals surface area (Å²) in [6.45, 7) is 4.24. The van der Waals surface area contributed by atoms with Crippen molar-refractivity contribution in [1.29, 1.82) is 0 Å². The topological polar surface area (TPSA) is 24.4 Å². The summed E-state index contributed by atoms with van der Waals surface area (Å²) in [5.74, 6) is 0. The summed E-state index contributed by atoms with van der Waals surface area (Å²) in [5, 5.41) is 3.61. The van der Waals surface area contributed by atoms with E-state index in [4.69, 9.17) is 0 Å². The first-order valence-corrected chi connectivity index (χ1v) is 6.12. The van der Waals surface area contributed by atoms with Crippen LogP contribution in [0.4, 0.5) is 0 Å². The van der Waals surface area contributed by atoms with Crippen molar-refractivity contribution in [2.45, 2.75) is 32.2 Å². The zero-order valence-corrected chi connectivity index (χ0v) is 9.95. The van der Waals surface area contributed by atoms with E-state index in [-0.39, 0.29) is 0 Å². The Kier molecular flexibility index (Phi) is 4.11. The molecule has 0 fully saturated rings. The molecule has 16 heavy (non-hydrogen) atoms. The van der Waals surface area contributed by atoms with Crippen LogP contribution in [0.2, 0.25) is 0 Å². The van der Waals surface area contributed by atoms with Crippen LogP contribution < -0.4 is 5.32 Å². The molecule has 0 amide bonds. The van der Waals surface area contributed by atoms with Crippen LogP contribution in [0.15, 0.2) is 29.3 Å². The van der Waals surface area contributed by atoms with Gasteiger partial charge in [-0.25, -0.2) is 0 Å². The smallest absolute Gasteiger partial charge is 0.0400 e. The van der Waals surface area contributed by atoms with E-state index in [0.29, 0.717) is 6.04 Å². The molecule has 0 bridgehead atoms. The van der Waals surface area contributed by atoms with Crippen molar-refractivity contribution in [3.8, 4) is 0 Å². The average molecular weight is 216 g/mol. The molecule has 0 aliphatic carbocycles. The fourth-order valence-electron chi connectivity index (χ4n) is 2.13. The van der Waals surface area contributed by atoms with Crippen LogP contribution in [-0.2, 0) is 6.42 Å². The predicted octanol–water partition coefficient (Wildman–Crippen LogP) is 2.36. The van der Waals surface area contributed by atoms with Gasteiger partial charge in [0.25, 0.3) is 0 Å². The second kappa shape index (κ2) is 5.80. The summed E-state index contributed by atoms with van der Waals surface area (Å²) in [6, 6.07) is 9.27. The fourth-order valence-corrected chi connectivity index (χ4v) is 2.13. The number of hydrogen-bond donors (Lipinski definition) is 1. The zero-order chi connectivity index (χ0) is 11.2. The Morgan fingerprint density at radius 2 is 2.25 bits per heavy atom. The molecule has 86 valence electrons. The lowest BCUT2D eigenvalue weighted by Gasteiger charge is -2.19. The van der Waals surface area contributed by atoms with Crippen molar-refractivity contribution in [3.05, 3.63) is 35.4 Å². The van der Waals surface area contributed by atoms with Crippen molar-refractivity contribution in [1.82, 2.24) is 5.32 Å². The molecular weight excluding hydrogens is 196 g/mol. The molecule has 0 radical (unpaired) electrons. The van der Waals surface area contributed by atoms with Gasteiger partial charge in [-0.3, -0.25) is 4.99 Å². The van der Waals surface area contributed by atoms with Crippen molar-refractivity contribution in [3.63, 3.8) is 0 Å². The van der Waals surface area contributed by atoms with Gasteiger partial charge in [-0.15, -0.1) is 0 Å². The van der Waals surface area contributed by atoms with Crippen molar-refractivity contribution >= 4 is 6.21 Å². The van der Waals surface area contributed by atoms with Gasteiger partial charge in [-0.1, -0.05) is 24.3 Å². The average Bonchev–Trinajstić information content (AvgIpc) is 2.33. The van der Waals surface area contributed by atoms with Gasteiger partial charge in [0, 0.05) is 18.8 Å². The van der Waals surface area contributed by atoms with Crippen LogP contribution in [0.3, 0.4) is 0 Å². The van der Waals surface area contributed by atoms with Crippen LogP contribution >= 0.6 is 0 Å². The highest BCUT2D eigenvalue weighted by atomic mass is 14.9. The molecule has 0 spiro atoms. The van der Waals surface area contributed by atoms with E-state index < -0.39 is 0 Å². The van der Waals surface area contributed by atoms with Crippen LogP contribution in [0.1, 0.15) is 24.0 Å². The Morgan fingerprint density at radius 1 is 1.38 bits per heavy atom. The molecule has 2 heteroatoms. The lowest BCUT2D eigenvalue weighted by molar-refractivity contribution is 0.492. The van der Waals surface area contributed by atoms with Gasteiger partial charge in [0.05, 0.1) is 0 Å². The molecule has 2 rings (SSSR count). The van der Waals surface area contributed by atoms with Gasteiger partial charge in [0.15, 0.2) is 0 Å². The third-order valence-electron chi connectivity index (χ3n) is 3.21. The Hall–Kier alpha value is -1.15. The Balaban J connectivity index is 1.75. The normalized spacial score (nSPS) is 19.9. The lowest BCUT2D eigenvalue weighted by Crippen LogP contribution is -2.33. The summed E-state index contributed by atoms with van der Waals surface area (Å²) in [6.07, 6.45) is 5.45. The molecule has 1 N–H and O–H groups in total. The first-order valence-electron chi connectivity index (χ1n) is 6.12. The maximum atomic E-state index is 4.24. The van der Waals surface area contributed by atoms with E-state index in [1.807, 2.05) is 0 Å². The van der Waals surface area contributed by atoms with E-state index >= 15 is 0 Å². The number of rotatable bonds is 4. The largest absolute Gasteiger partial charge is 0.313 e. The molecule has 1 aliphatic heterocycles. The number of hydrogen-bond acceptors (Lipinski definition) is 2. The van der Waals surface area contributed by atoms with Gasteiger partial charge >= 0.3 is 0 Å². The Labute approximate surface area is 97.8 Å². The number of benzene rings is 1. The second-order valence-electron chi connectivity index (χ2n) is 4.44. The van der Waals surface area contributed by atoms with E-state index in [1.165, 1.54) is 17.5 Å². The highest BCUT2D eigenvalue weighted by Gasteiger charge is 2.08. The molecule has 1 aliphatic rings. The number of aliphatic imine (C=N–C) groups is 1. The summed E-state index contributed by atoms with van der Waals surface area (Å²) < 4.78 is 0. The Bertz CT molecular complexity index is 358. The number of aryl methyl sites for hydroxylation is 1. The highest BCUT2D eigenvalue weighted by Crippen LogP contribution is 2.08. The molecule has 0 saturated heterocycles. The van der Waals surface area contributed by atoms with E-state index in [9.17, 15) is 0 Å². The first kappa shape index (κ1) is 11.3. The lowest BCUT2D eigenvalue weighted by atomic mass is 10.0. The summed E-state index contributed by atoms with van der Waals surface area (Å²) in [4.78, 5) is 4.24. The zero-order valence-electron chi connectivity index (χ0n) is 9.95. The molecule has 1 aromatic rings. The molecule has 1 atom stereocenters. The van der Waals surface area contributed by atoms with Crippen LogP contribution in [-0.4, -0.2) is 25.3 Å². The molecule has 0 saturated carbocycles. The van der Waals surface area contributed by atoms with Gasteiger partial charge in [0.2, 0.25) is 0 Å². The summed E-state index contributed by atoms with van der Waals surface area (Å²) in [7, 11) is 0. The molecule has 1 heterocycles. The number of nitrogens with one attached hydrogen (secondary N) is 1. The predicted molar refractivity (Wildman–Crippen MR) is 69.3 cm³/mol. The third kappa shape index (κ3) is 3.17. The van der Waals surface area contributed by atoms with Gasteiger partial charge < -0.3 is 5.32 Å². The minimum absolute atomic E-state index is 0.640. The molecule has 0 aromatic heterocycles. The van der Waals surface area contributed by atoms with Crippen LogP contribution in [0.25, 0.3) is 0 Å². The number of nitrogens with zero attached hydrogens (tertiary/aromatic N) is 1. The van der Waals surface area contributed by atoms with E-state index in [2.05, 4.69) is 47.7 Å². The van der Waals surface area contributed by atoms with Crippen molar-refractivity contribution < 1.29 is 0 Å². The maximum absolute atomic E-state index is 4.24. The second-order valence-corrected chi connectivity index (χ2v) is 4.44. The quantitative estimate of drug-likeness (QED) is 0.821. The maximum Gasteiger partial charge on any atom is 0.0400 e. The summed E-state index contributed by atoms with van der Waals surface area (Å²) in [5.41, 5.74) is 2.86. The third-order valence-corrected chi connectivity index (χ3v) is 3.21.